The molecule has 4 aromatic rings. The minimum atomic E-state index is -4.74. The van der Waals surface area contributed by atoms with Crippen molar-refractivity contribution >= 4 is 11.6 Å². The number of carbonyl (C=O) groups excluding carboxylic acids is 1. The van der Waals surface area contributed by atoms with E-state index < -0.39 is 40.6 Å². The molecule has 44 heavy (non-hydrogen) atoms. The number of piperidine rings is 1. The third-order valence-electron chi connectivity index (χ3n) is 8.40. The van der Waals surface area contributed by atoms with E-state index in [9.17, 15) is 22.8 Å². The molecule has 2 saturated heterocycles. The van der Waals surface area contributed by atoms with Gasteiger partial charge in [-0.05, 0) is 69.4 Å². The number of pyridine rings is 1. The Morgan fingerprint density at radius 3 is 2.55 bits per heavy atom. The van der Waals surface area contributed by atoms with Crippen LogP contribution in [0.25, 0.3) is 11.2 Å². The number of nitrogens with zero attached hydrogens (tertiary/aromatic N) is 6. The van der Waals surface area contributed by atoms with Crippen LogP contribution in [0.3, 0.4) is 0 Å². The molecule has 13 heteroatoms. The number of fused-ring (bicyclic) bond motifs is 1. The van der Waals surface area contributed by atoms with Gasteiger partial charge in [0.05, 0.1) is 36.0 Å². The molecule has 1 unspecified atom stereocenters. The highest BCUT2D eigenvalue weighted by atomic mass is 19.4. The number of benzene rings is 1. The summed E-state index contributed by atoms with van der Waals surface area (Å²) in [6, 6.07) is 7.62. The molecule has 234 valence electrons. The normalized spacial score (nSPS) is 18.8. The standard InChI is InChI=1S/C31H35F3N6O4/c1-29(2,3)44-28(42)38-11-6-5-10-24(38)20-12-23(31(32,33)34)25-16-39(27(41)40(25)15-20)22-9-7-8-21(13-22)30(17-43-18-30)14-26-36-35-19-37(26)4/h7-9,12-13,15-16,19,24H,5-6,10-11,14,17-18H2,1-4H3. The van der Waals surface area contributed by atoms with E-state index in [0.29, 0.717) is 44.7 Å². The van der Waals surface area contributed by atoms with E-state index >= 15 is 0 Å². The molecular weight excluding hydrogens is 577 g/mol. The van der Waals surface area contributed by atoms with Gasteiger partial charge in [-0.2, -0.15) is 13.2 Å². The first kappa shape index (κ1) is 29.9. The molecule has 2 aliphatic heterocycles. The van der Waals surface area contributed by atoms with Crippen molar-refractivity contribution in [1.29, 1.82) is 0 Å². The van der Waals surface area contributed by atoms with Gasteiger partial charge in [-0.25, -0.2) is 9.59 Å². The summed E-state index contributed by atoms with van der Waals surface area (Å²) in [6.45, 7) is 6.45. The minimum absolute atomic E-state index is 0.234. The average molecular weight is 613 g/mol. The largest absolute Gasteiger partial charge is 0.444 e. The first-order valence-corrected chi connectivity index (χ1v) is 14.6. The van der Waals surface area contributed by atoms with Crippen LogP contribution in [0.15, 0.2) is 53.8 Å². The number of imidazole rings is 1. The summed E-state index contributed by atoms with van der Waals surface area (Å²) in [5, 5.41) is 8.17. The van der Waals surface area contributed by atoms with Crippen LogP contribution in [0.4, 0.5) is 18.0 Å². The molecule has 0 spiro atoms. The molecule has 2 fully saturated rings. The summed E-state index contributed by atoms with van der Waals surface area (Å²) in [5.41, 5.74) is -1.46. The summed E-state index contributed by atoms with van der Waals surface area (Å²) in [5.74, 6) is 0.774. The van der Waals surface area contributed by atoms with Gasteiger partial charge in [0.25, 0.3) is 0 Å². The number of rotatable bonds is 5. The van der Waals surface area contributed by atoms with Crippen molar-refractivity contribution in [3.8, 4) is 5.69 Å². The highest BCUT2D eigenvalue weighted by Crippen LogP contribution is 2.39. The smallest absolute Gasteiger partial charge is 0.418 e. The quantitative estimate of drug-likeness (QED) is 0.307. The SMILES string of the molecule is Cn1cnnc1CC1(c2cccc(-n3cc4c(C(F)(F)F)cc(C5CCCCN5C(=O)OC(C)(C)C)cn4c3=O)c2)COC1. The third-order valence-corrected chi connectivity index (χ3v) is 8.40. The van der Waals surface area contributed by atoms with E-state index in [0.717, 1.165) is 28.3 Å². The predicted octanol–water partition coefficient (Wildman–Crippen LogP) is 5.21. The summed E-state index contributed by atoms with van der Waals surface area (Å²) in [4.78, 5) is 28.3. The molecule has 0 radical (unpaired) electrons. The van der Waals surface area contributed by atoms with Crippen LogP contribution < -0.4 is 5.69 Å². The number of carbonyl (C=O) groups is 1. The van der Waals surface area contributed by atoms with Gasteiger partial charge in [0.15, 0.2) is 0 Å². The molecule has 6 rings (SSSR count). The van der Waals surface area contributed by atoms with Crippen LogP contribution in [0, 0.1) is 0 Å². The monoisotopic (exact) mass is 612 g/mol. The van der Waals surface area contributed by atoms with Gasteiger partial charge in [-0.15, -0.1) is 10.2 Å². The Bertz CT molecular complexity index is 1760. The molecule has 1 aromatic carbocycles. The molecule has 0 saturated carbocycles. The first-order valence-electron chi connectivity index (χ1n) is 14.6. The molecular formula is C31H35F3N6O4. The molecule has 0 aliphatic carbocycles. The third kappa shape index (κ3) is 5.49. The van der Waals surface area contributed by atoms with Crippen molar-refractivity contribution in [3.63, 3.8) is 0 Å². The van der Waals surface area contributed by atoms with Gasteiger partial charge in [0.2, 0.25) is 0 Å². The van der Waals surface area contributed by atoms with Gasteiger partial charge >= 0.3 is 18.0 Å². The maximum absolute atomic E-state index is 14.5. The Labute approximate surface area is 252 Å². The second kappa shape index (κ2) is 10.8. The number of likely N-dealkylation sites (tertiary alicyclic amines) is 1. The average Bonchev–Trinajstić information content (AvgIpc) is 3.50. The number of aryl methyl sites for hydroxylation is 1. The summed E-state index contributed by atoms with van der Waals surface area (Å²) < 4.78 is 58.8. The van der Waals surface area contributed by atoms with E-state index in [2.05, 4.69) is 10.2 Å². The van der Waals surface area contributed by atoms with Gasteiger partial charge < -0.3 is 18.9 Å². The van der Waals surface area contributed by atoms with Crippen LogP contribution in [0.2, 0.25) is 0 Å². The number of hydrogen-bond acceptors (Lipinski definition) is 6. The molecule has 10 nitrogen and oxygen atoms in total. The summed E-state index contributed by atoms with van der Waals surface area (Å²) in [7, 11) is 1.86. The van der Waals surface area contributed by atoms with Crippen molar-refractivity contribution in [2.75, 3.05) is 19.8 Å². The Kier molecular flexibility index (Phi) is 7.34. The van der Waals surface area contributed by atoms with E-state index in [-0.39, 0.29) is 11.1 Å². The topological polar surface area (TPSA) is 95.9 Å². The van der Waals surface area contributed by atoms with Crippen LogP contribution >= 0.6 is 0 Å². The van der Waals surface area contributed by atoms with Crippen molar-refractivity contribution in [2.45, 2.75) is 69.7 Å². The minimum Gasteiger partial charge on any atom is -0.444 e. The lowest BCUT2D eigenvalue weighted by atomic mass is 9.75. The number of hydrogen-bond donors (Lipinski definition) is 0. The first-order chi connectivity index (χ1) is 20.8. The fraction of sp³-hybridized carbons (Fsp3) is 0.484. The van der Waals surface area contributed by atoms with E-state index in [1.807, 2.05) is 23.7 Å². The number of halogens is 3. The second-order valence-corrected chi connectivity index (χ2v) is 12.8. The van der Waals surface area contributed by atoms with Crippen molar-refractivity contribution in [3.05, 3.63) is 82.1 Å². The van der Waals surface area contributed by atoms with Crippen LogP contribution in [-0.2, 0) is 34.5 Å². The Hall–Kier alpha value is -4.13. The predicted molar refractivity (Wildman–Crippen MR) is 155 cm³/mol. The lowest BCUT2D eigenvalue weighted by Crippen LogP contribution is -2.49. The lowest BCUT2D eigenvalue weighted by Gasteiger charge is -2.41. The molecule has 1 amide bonds. The Morgan fingerprint density at radius 2 is 1.91 bits per heavy atom. The van der Waals surface area contributed by atoms with E-state index in [1.165, 1.54) is 21.9 Å². The lowest BCUT2D eigenvalue weighted by molar-refractivity contribution is -0.136. The second-order valence-electron chi connectivity index (χ2n) is 12.8. The zero-order chi connectivity index (χ0) is 31.4. The van der Waals surface area contributed by atoms with Crippen molar-refractivity contribution < 1.29 is 27.4 Å². The highest BCUT2D eigenvalue weighted by Gasteiger charge is 2.42. The molecule has 1 atom stereocenters. The fourth-order valence-corrected chi connectivity index (χ4v) is 6.10. The molecule has 2 aliphatic rings. The number of aromatic nitrogens is 5. The van der Waals surface area contributed by atoms with Crippen LogP contribution in [0.1, 0.15) is 68.6 Å². The highest BCUT2D eigenvalue weighted by molar-refractivity contribution is 5.69. The van der Waals surface area contributed by atoms with E-state index in [1.54, 1.807) is 39.2 Å². The zero-order valence-corrected chi connectivity index (χ0v) is 25.1. The molecule has 0 bridgehead atoms. The fourth-order valence-electron chi connectivity index (χ4n) is 6.10. The Balaban J connectivity index is 1.42. The van der Waals surface area contributed by atoms with Gasteiger partial charge in [-0.1, -0.05) is 12.1 Å². The maximum Gasteiger partial charge on any atom is 0.418 e. The summed E-state index contributed by atoms with van der Waals surface area (Å²) >= 11 is 0. The molecule has 3 aromatic heterocycles. The number of amides is 1. The van der Waals surface area contributed by atoms with Crippen LogP contribution in [-0.4, -0.2) is 60.1 Å². The molecule has 0 N–H and O–H groups in total. The van der Waals surface area contributed by atoms with Crippen LogP contribution in [0.5, 0.6) is 0 Å². The number of ether oxygens (including phenoxy) is 2. The van der Waals surface area contributed by atoms with Gasteiger partial charge in [-0.3, -0.25) is 8.97 Å². The van der Waals surface area contributed by atoms with Crippen molar-refractivity contribution in [2.24, 2.45) is 7.05 Å². The summed E-state index contributed by atoms with van der Waals surface area (Å²) in [6.07, 6.45) is 1.39. The van der Waals surface area contributed by atoms with Crippen molar-refractivity contribution in [1.82, 2.24) is 28.6 Å². The number of alkyl halides is 3. The Morgan fingerprint density at radius 1 is 1.14 bits per heavy atom. The van der Waals surface area contributed by atoms with Gasteiger partial charge in [0.1, 0.15) is 17.8 Å². The molecule has 5 heterocycles. The maximum atomic E-state index is 14.5. The zero-order valence-electron chi connectivity index (χ0n) is 25.1. The van der Waals surface area contributed by atoms with E-state index in [4.69, 9.17) is 9.47 Å². The van der Waals surface area contributed by atoms with Gasteiger partial charge in [0, 0.05) is 37.8 Å².